The third-order valence-corrected chi connectivity index (χ3v) is 3.11. The fourth-order valence-corrected chi connectivity index (χ4v) is 1.79. The molecule has 0 radical (unpaired) electrons. The molecule has 0 spiro atoms. The number of amides is 1. The van der Waals surface area contributed by atoms with Crippen molar-refractivity contribution in [3.05, 3.63) is 33.8 Å². The van der Waals surface area contributed by atoms with Crippen LogP contribution in [0.4, 0.5) is 0 Å². The molecule has 0 aliphatic rings. The van der Waals surface area contributed by atoms with Crippen molar-refractivity contribution in [2.75, 3.05) is 26.4 Å². The number of nitrogens with one attached hydrogen (secondary N) is 1. The molecule has 0 fully saturated rings. The molecule has 0 atom stereocenters. The van der Waals surface area contributed by atoms with Crippen LogP contribution in [0, 0.1) is 0 Å². The summed E-state index contributed by atoms with van der Waals surface area (Å²) in [6.45, 7) is 1.42. The van der Waals surface area contributed by atoms with Gasteiger partial charge in [0.25, 0.3) is 0 Å². The van der Waals surface area contributed by atoms with E-state index in [4.69, 9.17) is 33.0 Å². The average molecular weight is 306 g/mol. The summed E-state index contributed by atoms with van der Waals surface area (Å²) in [5, 5.41) is 12.2. The van der Waals surface area contributed by atoms with E-state index in [9.17, 15) is 4.79 Å². The highest BCUT2D eigenvalue weighted by Crippen LogP contribution is 2.22. The van der Waals surface area contributed by atoms with Crippen LogP contribution in [0.3, 0.4) is 0 Å². The van der Waals surface area contributed by atoms with E-state index in [-0.39, 0.29) is 18.9 Å². The molecule has 2 N–H and O–H groups in total. The largest absolute Gasteiger partial charge is 0.394 e. The number of benzene rings is 1. The summed E-state index contributed by atoms with van der Waals surface area (Å²) >= 11 is 11.7. The first kappa shape index (κ1) is 16.2. The van der Waals surface area contributed by atoms with Crippen molar-refractivity contribution >= 4 is 29.1 Å². The van der Waals surface area contributed by atoms with Gasteiger partial charge in [-0.1, -0.05) is 29.3 Å². The van der Waals surface area contributed by atoms with Crippen molar-refractivity contribution in [3.8, 4) is 0 Å². The molecule has 0 aliphatic heterocycles. The molecule has 0 saturated carbocycles. The zero-order valence-electron chi connectivity index (χ0n) is 10.5. The highest BCUT2D eigenvalue weighted by molar-refractivity contribution is 6.42. The normalized spacial score (nSPS) is 10.5. The number of rotatable bonds is 8. The Hall–Kier alpha value is -0.810. The molecule has 1 aromatic rings. The molecular weight excluding hydrogens is 289 g/mol. The summed E-state index contributed by atoms with van der Waals surface area (Å²) in [4.78, 5) is 11.6. The van der Waals surface area contributed by atoms with Gasteiger partial charge in [0.1, 0.15) is 0 Å². The van der Waals surface area contributed by atoms with Crippen LogP contribution < -0.4 is 5.32 Å². The number of aliphatic hydroxyl groups is 1. The minimum Gasteiger partial charge on any atom is -0.394 e. The lowest BCUT2D eigenvalue weighted by atomic mass is 10.1. The summed E-state index contributed by atoms with van der Waals surface area (Å²) in [6.07, 6.45) is 0.988. The Morgan fingerprint density at radius 2 is 2.05 bits per heavy atom. The van der Waals surface area contributed by atoms with Gasteiger partial charge in [-0.2, -0.15) is 0 Å². The van der Waals surface area contributed by atoms with E-state index in [2.05, 4.69) is 5.32 Å². The highest BCUT2D eigenvalue weighted by Gasteiger charge is 2.05. The van der Waals surface area contributed by atoms with Crippen LogP contribution >= 0.6 is 23.2 Å². The topological polar surface area (TPSA) is 58.6 Å². The van der Waals surface area contributed by atoms with E-state index < -0.39 is 0 Å². The van der Waals surface area contributed by atoms with Crippen LogP contribution in [0.1, 0.15) is 12.0 Å². The second-order valence-corrected chi connectivity index (χ2v) is 4.78. The monoisotopic (exact) mass is 305 g/mol. The first-order valence-electron chi connectivity index (χ1n) is 6.02. The van der Waals surface area contributed by atoms with Crippen LogP contribution in [-0.4, -0.2) is 37.4 Å². The summed E-state index contributed by atoms with van der Waals surface area (Å²) in [7, 11) is 0. The van der Waals surface area contributed by atoms with Crippen molar-refractivity contribution in [1.29, 1.82) is 0 Å². The van der Waals surface area contributed by atoms with E-state index >= 15 is 0 Å². The molecule has 0 saturated heterocycles. The zero-order chi connectivity index (χ0) is 14.1. The molecule has 1 amide bonds. The Balaban J connectivity index is 2.21. The van der Waals surface area contributed by atoms with Gasteiger partial charge in [-0.05, 0) is 24.1 Å². The molecule has 0 aromatic heterocycles. The van der Waals surface area contributed by atoms with Gasteiger partial charge in [-0.25, -0.2) is 0 Å². The summed E-state index contributed by atoms with van der Waals surface area (Å²) in [5.41, 5.74) is 0.823. The van der Waals surface area contributed by atoms with Gasteiger partial charge in [0.2, 0.25) is 5.91 Å². The maximum atomic E-state index is 11.6. The second kappa shape index (κ2) is 9.15. The van der Waals surface area contributed by atoms with Crippen LogP contribution in [-0.2, 0) is 16.0 Å². The van der Waals surface area contributed by atoms with E-state index in [1.165, 1.54) is 0 Å². The number of halogens is 2. The predicted molar refractivity (Wildman–Crippen MR) is 75.7 cm³/mol. The maximum Gasteiger partial charge on any atom is 0.224 e. The van der Waals surface area contributed by atoms with Gasteiger partial charge >= 0.3 is 0 Å². The van der Waals surface area contributed by atoms with Crippen molar-refractivity contribution < 1.29 is 14.6 Å². The Bertz CT molecular complexity index is 413. The van der Waals surface area contributed by atoms with Gasteiger partial charge in [0.15, 0.2) is 0 Å². The minimum atomic E-state index is -0.0689. The molecule has 1 aromatic carbocycles. The average Bonchev–Trinajstić information content (AvgIpc) is 2.38. The molecule has 0 heterocycles. The van der Waals surface area contributed by atoms with Gasteiger partial charge in [0, 0.05) is 13.2 Å². The molecule has 0 bridgehead atoms. The summed E-state index contributed by atoms with van der Waals surface area (Å²) < 4.78 is 5.08. The van der Waals surface area contributed by atoms with E-state index in [1.54, 1.807) is 18.2 Å². The second-order valence-electron chi connectivity index (χ2n) is 3.96. The Kier molecular flexibility index (Phi) is 7.82. The molecule has 6 heteroatoms. The van der Waals surface area contributed by atoms with Crippen molar-refractivity contribution in [2.45, 2.75) is 12.8 Å². The third kappa shape index (κ3) is 6.78. The Labute approximate surface area is 122 Å². The standard InChI is InChI=1S/C13H17Cl2NO3/c14-11-3-2-10(8-12(11)15)9-13(18)16-4-1-6-19-7-5-17/h2-3,8,17H,1,4-7,9H2,(H,16,18). The molecule has 4 nitrogen and oxygen atoms in total. The molecule has 1 rings (SSSR count). The van der Waals surface area contributed by atoms with Crippen molar-refractivity contribution in [1.82, 2.24) is 5.32 Å². The van der Waals surface area contributed by atoms with Crippen molar-refractivity contribution in [2.24, 2.45) is 0 Å². The smallest absolute Gasteiger partial charge is 0.224 e. The van der Waals surface area contributed by atoms with Crippen LogP contribution in [0.2, 0.25) is 10.0 Å². The first-order valence-corrected chi connectivity index (χ1v) is 6.78. The van der Waals surface area contributed by atoms with Gasteiger partial charge in [0.05, 0.1) is 29.7 Å². The van der Waals surface area contributed by atoms with Crippen LogP contribution in [0.5, 0.6) is 0 Å². The lowest BCUT2D eigenvalue weighted by Crippen LogP contribution is -2.26. The number of carbonyl (C=O) groups excluding carboxylic acids is 1. The van der Waals surface area contributed by atoms with Crippen molar-refractivity contribution in [3.63, 3.8) is 0 Å². The zero-order valence-corrected chi connectivity index (χ0v) is 12.0. The predicted octanol–water partition coefficient (Wildman–Crippen LogP) is 2.05. The fraction of sp³-hybridized carbons (Fsp3) is 0.462. The van der Waals surface area contributed by atoms with E-state index in [0.717, 1.165) is 5.56 Å². The molecule has 0 aliphatic carbocycles. The number of ether oxygens (including phenoxy) is 1. The maximum absolute atomic E-state index is 11.6. The molecule has 19 heavy (non-hydrogen) atoms. The van der Waals surface area contributed by atoms with Gasteiger partial charge < -0.3 is 15.2 Å². The number of aliphatic hydroxyl groups excluding tert-OH is 1. The highest BCUT2D eigenvalue weighted by atomic mass is 35.5. The van der Waals surface area contributed by atoms with Crippen LogP contribution in [0.25, 0.3) is 0 Å². The minimum absolute atomic E-state index is 0.0175. The summed E-state index contributed by atoms with van der Waals surface area (Å²) in [6, 6.07) is 5.14. The summed E-state index contributed by atoms with van der Waals surface area (Å²) in [5.74, 6) is -0.0689. The third-order valence-electron chi connectivity index (χ3n) is 2.37. The quantitative estimate of drug-likeness (QED) is 0.723. The van der Waals surface area contributed by atoms with Crippen LogP contribution in [0.15, 0.2) is 18.2 Å². The number of carbonyl (C=O) groups is 1. The molecule has 0 unspecified atom stereocenters. The lowest BCUT2D eigenvalue weighted by Gasteiger charge is -2.06. The Morgan fingerprint density at radius 1 is 1.26 bits per heavy atom. The SMILES string of the molecule is O=C(Cc1ccc(Cl)c(Cl)c1)NCCCOCCO. The Morgan fingerprint density at radius 3 is 2.74 bits per heavy atom. The van der Waals surface area contributed by atoms with E-state index in [1.807, 2.05) is 0 Å². The van der Waals surface area contributed by atoms with Gasteiger partial charge in [-0.15, -0.1) is 0 Å². The fourth-order valence-electron chi connectivity index (χ4n) is 1.47. The molecular formula is C13H17Cl2NO3. The number of hydrogen-bond acceptors (Lipinski definition) is 3. The first-order chi connectivity index (χ1) is 9.13. The van der Waals surface area contributed by atoms with Gasteiger partial charge in [-0.3, -0.25) is 4.79 Å². The number of hydrogen-bond donors (Lipinski definition) is 2. The van der Waals surface area contributed by atoms with E-state index in [0.29, 0.717) is 36.2 Å². The lowest BCUT2D eigenvalue weighted by molar-refractivity contribution is -0.120. The molecule has 106 valence electrons.